The number of aromatic nitrogens is 1. The highest BCUT2D eigenvalue weighted by Gasteiger charge is 2.16. The first-order valence-corrected chi connectivity index (χ1v) is 7.56. The van der Waals surface area contributed by atoms with Gasteiger partial charge in [0.05, 0.1) is 5.69 Å². The van der Waals surface area contributed by atoms with Gasteiger partial charge in [-0.3, -0.25) is 4.72 Å². The van der Waals surface area contributed by atoms with Crippen LogP contribution in [0.3, 0.4) is 0 Å². The van der Waals surface area contributed by atoms with Crippen LogP contribution >= 0.6 is 11.3 Å². The molecule has 0 aliphatic rings. The molecule has 0 unspecified atom stereocenters. The van der Waals surface area contributed by atoms with Gasteiger partial charge < -0.3 is 4.98 Å². The van der Waals surface area contributed by atoms with Gasteiger partial charge in [0.25, 0.3) is 10.0 Å². The number of thiophene rings is 1. The number of sulfonamides is 1. The van der Waals surface area contributed by atoms with Crippen molar-refractivity contribution in [1.82, 2.24) is 4.98 Å². The summed E-state index contributed by atoms with van der Waals surface area (Å²) in [6.07, 6.45) is 1.77. The average molecular weight is 277 g/mol. The van der Waals surface area contributed by atoms with Gasteiger partial charge in [-0.2, -0.15) is 0 Å². The molecule has 0 spiro atoms. The minimum Gasteiger partial charge on any atom is -0.361 e. The maximum Gasteiger partial charge on any atom is 0.271 e. The SMILES string of the molecule is O=S(=O)(Nc1c[c]cc2[nH]ccc12)c1cccs1. The van der Waals surface area contributed by atoms with Gasteiger partial charge in [-0.1, -0.05) is 6.07 Å². The number of hydrogen-bond donors (Lipinski definition) is 2. The first-order valence-electron chi connectivity index (χ1n) is 5.20. The third kappa shape index (κ3) is 1.89. The highest BCUT2D eigenvalue weighted by molar-refractivity contribution is 7.94. The van der Waals surface area contributed by atoms with E-state index in [0.29, 0.717) is 9.90 Å². The van der Waals surface area contributed by atoms with Crippen LogP contribution in [-0.4, -0.2) is 13.4 Å². The molecule has 3 rings (SSSR count). The van der Waals surface area contributed by atoms with E-state index in [1.165, 1.54) is 11.3 Å². The Bertz CT molecular complexity index is 773. The lowest BCUT2D eigenvalue weighted by Crippen LogP contribution is -2.11. The van der Waals surface area contributed by atoms with E-state index in [2.05, 4.69) is 15.8 Å². The molecule has 18 heavy (non-hydrogen) atoms. The summed E-state index contributed by atoms with van der Waals surface area (Å²) in [5.74, 6) is 0. The summed E-state index contributed by atoms with van der Waals surface area (Å²) < 4.78 is 27.1. The molecule has 3 aromatic rings. The third-order valence-corrected chi connectivity index (χ3v) is 5.29. The number of fused-ring (bicyclic) bond motifs is 1. The smallest absolute Gasteiger partial charge is 0.271 e. The Hall–Kier alpha value is -1.79. The summed E-state index contributed by atoms with van der Waals surface area (Å²) in [6.45, 7) is 0. The maximum atomic E-state index is 12.1. The van der Waals surface area contributed by atoms with Crippen molar-refractivity contribution in [3.05, 3.63) is 48.0 Å². The molecule has 0 saturated carbocycles. The Kier molecular flexibility index (Phi) is 2.61. The van der Waals surface area contributed by atoms with Gasteiger partial charge in [0, 0.05) is 17.1 Å². The van der Waals surface area contributed by atoms with Gasteiger partial charge in [-0.25, -0.2) is 8.42 Å². The number of H-pyrrole nitrogens is 1. The fraction of sp³-hybridized carbons (Fsp3) is 0. The predicted octanol–water partition coefficient (Wildman–Crippen LogP) is 2.83. The normalized spacial score (nSPS) is 11.8. The van der Waals surface area contributed by atoms with Crippen LogP contribution < -0.4 is 4.72 Å². The van der Waals surface area contributed by atoms with Gasteiger partial charge in [-0.15, -0.1) is 11.3 Å². The minimum atomic E-state index is -3.50. The van der Waals surface area contributed by atoms with E-state index in [0.717, 1.165) is 10.9 Å². The number of nitrogens with one attached hydrogen (secondary N) is 2. The number of aromatic amines is 1. The molecule has 0 aliphatic heterocycles. The van der Waals surface area contributed by atoms with Crippen LogP contribution in [0.5, 0.6) is 0 Å². The molecule has 0 fully saturated rings. The molecular weight excluding hydrogens is 268 g/mol. The molecule has 6 heteroatoms. The first kappa shape index (κ1) is 11.3. The summed E-state index contributed by atoms with van der Waals surface area (Å²) in [5.41, 5.74) is 1.38. The third-order valence-electron chi connectivity index (χ3n) is 2.53. The standard InChI is InChI=1S/C12H9N2O2S2/c15-18(16,12-5-2-8-17-12)14-11-4-1-3-10-9(11)6-7-13-10/h2-8,13-14H. The molecule has 91 valence electrons. The van der Waals surface area contributed by atoms with Crippen LogP contribution in [0.15, 0.2) is 46.1 Å². The molecule has 0 bridgehead atoms. The van der Waals surface area contributed by atoms with Crippen molar-refractivity contribution in [2.45, 2.75) is 4.21 Å². The fourth-order valence-corrected chi connectivity index (χ4v) is 3.78. The number of rotatable bonds is 3. The van der Waals surface area contributed by atoms with Crippen molar-refractivity contribution in [2.75, 3.05) is 4.72 Å². The molecule has 0 atom stereocenters. The lowest BCUT2D eigenvalue weighted by Gasteiger charge is -2.07. The van der Waals surface area contributed by atoms with Crippen molar-refractivity contribution < 1.29 is 8.42 Å². The Morgan fingerprint density at radius 1 is 1.28 bits per heavy atom. The molecule has 2 aromatic heterocycles. The van der Waals surface area contributed by atoms with Gasteiger partial charge >= 0.3 is 0 Å². The van der Waals surface area contributed by atoms with Gasteiger partial charge in [-0.05, 0) is 35.7 Å². The summed E-state index contributed by atoms with van der Waals surface area (Å²) in [7, 11) is -3.50. The minimum absolute atomic E-state index is 0.301. The summed E-state index contributed by atoms with van der Waals surface area (Å²) in [4.78, 5) is 3.02. The molecule has 1 radical (unpaired) electrons. The predicted molar refractivity (Wildman–Crippen MR) is 72.3 cm³/mol. The summed E-state index contributed by atoms with van der Waals surface area (Å²) in [6, 6.07) is 11.4. The van der Waals surface area contributed by atoms with E-state index in [-0.39, 0.29) is 0 Å². The summed E-state index contributed by atoms with van der Waals surface area (Å²) in [5, 5.41) is 2.56. The largest absolute Gasteiger partial charge is 0.361 e. The Morgan fingerprint density at radius 3 is 2.94 bits per heavy atom. The molecule has 0 aliphatic carbocycles. The van der Waals surface area contributed by atoms with Crippen LogP contribution in [0.2, 0.25) is 0 Å². The first-order chi connectivity index (χ1) is 8.67. The molecular formula is C12H9N2O2S2. The van der Waals surface area contributed by atoms with Crippen LogP contribution in [0.1, 0.15) is 0 Å². The Labute approximate surface area is 108 Å². The van der Waals surface area contributed by atoms with E-state index >= 15 is 0 Å². The van der Waals surface area contributed by atoms with Crippen LogP contribution in [0.4, 0.5) is 5.69 Å². The van der Waals surface area contributed by atoms with Crippen LogP contribution in [0.25, 0.3) is 10.9 Å². The number of hydrogen-bond acceptors (Lipinski definition) is 3. The van der Waals surface area contributed by atoms with E-state index in [1.807, 2.05) is 6.07 Å². The molecule has 0 amide bonds. The van der Waals surface area contributed by atoms with Crippen molar-refractivity contribution >= 4 is 38.0 Å². The van der Waals surface area contributed by atoms with E-state index < -0.39 is 10.0 Å². The van der Waals surface area contributed by atoms with E-state index in [1.54, 1.807) is 35.8 Å². The summed E-state index contributed by atoms with van der Waals surface area (Å²) >= 11 is 1.19. The number of anilines is 1. The van der Waals surface area contributed by atoms with E-state index in [4.69, 9.17) is 0 Å². The van der Waals surface area contributed by atoms with Crippen molar-refractivity contribution in [2.24, 2.45) is 0 Å². The Balaban J connectivity index is 2.05. The van der Waals surface area contributed by atoms with Gasteiger partial charge in [0.15, 0.2) is 0 Å². The zero-order chi connectivity index (χ0) is 12.6. The second kappa shape index (κ2) is 4.15. The lowest BCUT2D eigenvalue weighted by molar-refractivity contribution is 0.603. The highest BCUT2D eigenvalue weighted by Crippen LogP contribution is 2.26. The zero-order valence-corrected chi connectivity index (χ0v) is 10.8. The second-order valence-electron chi connectivity index (χ2n) is 3.71. The molecule has 2 heterocycles. The second-order valence-corrected chi connectivity index (χ2v) is 6.57. The van der Waals surface area contributed by atoms with Gasteiger partial charge in [0.1, 0.15) is 4.21 Å². The monoisotopic (exact) mass is 277 g/mol. The molecule has 2 N–H and O–H groups in total. The van der Waals surface area contributed by atoms with E-state index in [9.17, 15) is 8.42 Å². The van der Waals surface area contributed by atoms with Crippen molar-refractivity contribution in [3.8, 4) is 0 Å². The lowest BCUT2D eigenvalue weighted by atomic mass is 10.2. The topological polar surface area (TPSA) is 62.0 Å². The molecule has 0 saturated heterocycles. The quantitative estimate of drug-likeness (QED) is 0.773. The Morgan fingerprint density at radius 2 is 2.17 bits per heavy atom. The maximum absolute atomic E-state index is 12.1. The molecule has 4 nitrogen and oxygen atoms in total. The van der Waals surface area contributed by atoms with Crippen LogP contribution in [0, 0.1) is 6.07 Å². The molecule has 1 aromatic carbocycles. The fourth-order valence-electron chi connectivity index (χ4n) is 1.72. The average Bonchev–Trinajstić information content (AvgIpc) is 3.00. The zero-order valence-electron chi connectivity index (χ0n) is 9.17. The van der Waals surface area contributed by atoms with Crippen LogP contribution in [-0.2, 0) is 10.0 Å². The van der Waals surface area contributed by atoms with Gasteiger partial charge in [0.2, 0.25) is 0 Å². The highest BCUT2D eigenvalue weighted by atomic mass is 32.2. The van der Waals surface area contributed by atoms with Crippen molar-refractivity contribution in [1.29, 1.82) is 0 Å². The van der Waals surface area contributed by atoms with Crippen molar-refractivity contribution in [3.63, 3.8) is 0 Å². The number of benzene rings is 1.